The first kappa shape index (κ1) is 17.4. The predicted octanol–water partition coefficient (Wildman–Crippen LogP) is 2.16. The zero-order valence-corrected chi connectivity index (χ0v) is 14.1. The molecule has 1 atom stereocenters. The van der Waals surface area contributed by atoms with Gasteiger partial charge in [-0.15, -0.1) is 0 Å². The van der Waals surface area contributed by atoms with Crippen LogP contribution in [0.4, 0.5) is 4.39 Å². The first-order chi connectivity index (χ1) is 10.3. The van der Waals surface area contributed by atoms with E-state index in [4.69, 9.17) is 0 Å². The Hall–Kier alpha value is -0.980. The van der Waals surface area contributed by atoms with Gasteiger partial charge in [0.25, 0.3) is 0 Å². The number of benzene rings is 1. The van der Waals surface area contributed by atoms with Crippen molar-refractivity contribution in [2.24, 2.45) is 0 Å². The molecule has 6 heteroatoms. The minimum atomic E-state index is -3.12. The van der Waals surface area contributed by atoms with Crippen molar-refractivity contribution in [1.29, 1.82) is 0 Å². The highest BCUT2D eigenvalue weighted by Gasteiger charge is 2.24. The Morgan fingerprint density at radius 3 is 2.64 bits per heavy atom. The highest BCUT2D eigenvalue weighted by molar-refractivity contribution is 7.88. The lowest BCUT2D eigenvalue weighted by atomic mass is 10.0. The van der Waals surface area contributed by atoms with Gasteiger partial charge in [-0.05, 0) is 63.4 Å². The summed E-state index contributed by atoms with van der Waals surface area (Å²) in [7, 11) is -3.12. The topological polar surface area (TPSA) is 49.4 Å². The molecule has 1 N–H and O–H groups in total. The molecular formula is C16H25FN2O2S. The minimum Gasteiger partial charge on any atom is -0.301 e. The van der Waals surface area contributed by atoms with Crippen molar-refractivity contribution >= 4 is 10.0 Å². The minimum absolute atomic E-state index is 0.0571. The number of sulfonamides is 1. The number of aryl methyl sites for hydroxylation is 1. The second-order valence-corrected chi connectivity index (χ2v) is 8.00. The first-order valence-corrected chi connectivity index (χ1v) is 9.68. The standard InChI is InChI=1S/C16H25FN2O2S/c1-13(6-7-14-4-3-5-15(17)12-14)19-10-8-16(9-11-19)18-22(2,20)21/h3-5,12-13,16,18H,6-11H2,1-2H3. The maximum atomic E-state index is 13.2. The highest BCUT2D eigenvalue weighted by Crippen LogP contribution is 2.17. The number of hydrogen-bond acceptors (Lipinski definition) is 3. The van der Waals surface area contributed by atoms with E-state index in [2.05, 4.69) is 16.5 Å². The maximum absolute atomic E-state index is 13.2. The molecule has 1 aromatic rings. The lowest BCUT2D eigenvalue weighted by Gasteiger charge is -2.36. The summed E-state index contributed by atoms with van der Waals surface area (Å²) in [4.78, 5) is 2.39. The van der Waals surface area contributed by atoms with Crippen LogP contribution in [0.3, 0.4) is 0 Å². The molecule has 0 radical (unpaired) electrons. The summed E-state index contributed by atoms with van der Waals surface area (Å²) in [5.74, 6) is -0.183. The molecule has 22 heavy (non-hydrogen) atoms. The molecule has 124 valence electrons. The third-order valence-corrected chi connectivity index (χ3v) is 5.03. The molecule has 4 nitrogen and oxygen atoms in total. The fourth-order valence-corrected chi connectivity index (χ4v) is 3.85. The fraction of sp³-hybridized carbons (Fsp3) is 0.625. The number of nitrogens with one attached hydrogen (secondary N) is 1. The van der Waals surface area contributed by atoms with Gasteiger partial charge in [0.1, 0.15) is 5.82 Å². The summed E-state index contributed by atoms with van der Waals surface area (Å²) in [5.41, 5.74) is 1.03. The average Bonchev–Trinajstić information content (AvgIpc) is 2.44. The van der Waals surface area contributed by atoms with Crippen molar-refractivity contribution in [3.63, 3.8) is 0 Å². The fourth-order valence-electron chi connectivity index (χ4n) is 3.01. The summed E-state index contributed by atoms with van der Waals surface area (Å²) >= 11 is 0. The lowest BCUT2D eigenvalue weighted by molar-refractivity contribution is 0.152. The second-order valence-electron chi connectivity index (χ2n) is 6.22. The number of hydrogen-bond donors (Lipinski definition) is 1. The van der Waals surface area contributed by atoms with Gasteiger partial charge >= 0.3 is 0 Å². The quantitative estimate of drug-likeness (QED) is 0.870. The van der Waals surface area contributed by atoms with Crippen molar-refractivity contribution < 1.29 is 12.8 Å². The van der Waals surface area contributed by atoms with Gasteiger partial charge in [0, 0.05) is 12.1 Å². The van der Waals surface area contributed by atoms with Gasteiger partial charge in [0.05, 0.1) is 6.26 Å². The molecule has 2 rings (SSSR count). The van der Waals surface area contributed by atoms with Crippen LogP contribution in [0, 0.1) is 5.82 Å². The molecule has 0 amide bonds. The van der Waals surface area contributed by atoms with E-state index < -0.39 is 10.0 Å². The molecule has 0 bridgehead atoms. The summed E-state index contributed by atoms with van der Waals surface area (Å²) < 4.78 is 38.3. The maximum Gasteiger partial charge on any atom is 0.208 e. The van der Waals surface area contributed by atoms with E-state index in [0.717, 1.165) is 44.3 Å². The number of nitrogens with zero attached hydrogens (tertiary/aromatic N) is 1. The van der Waals surface area contributed by atoms with Crippen molar-refractivity contribution in [3.8, 4) is 0 Å². The molecule has 1 heterocycles. The largest absolute Gasteiger partial charge is 0.301 e. The Kier molecular flexibility index (Phi) is 5.94. The van der Waals surface area contributed by atoms with Crippen molar-refractivity contribution in [1.82, 2.24) is 9.62 Å². The smallest absolute Gasteiger partial charge is 0.208 e. The van der Waals surface area contributed by atoms with Crippen molar-refractivity contribution in [2.75, 3.05) is 19.3 Å². The van der Waals surface area contributed by atoms with Gasteiger partial charge in [-0.2, -0.15) is 0 Å². The van der Waals surface area contributed by atoms with E-state index in [-0.39, 0.29) is 11.9 Å². The average molecular weight is 328 g/mol. The summed E-state index contributed by atoms with van der Waals surface area (Å²) in [6.07, 6.45) is 4.74. The Morgan fingerprint density at radius 1 is 1.36 bits per heavy atom. The monoisotopic (exact) mass is 328 g/mol. The number of rotatable bonds is 6. The Bertz CT molecular complexity index is 584. The van der Waals surface area contributed by atoms with Crippen LogP contribution < -0.4 is 4.72 Å². The van der Waals surface area contributed by atoms with E-state index in [1.807, 2.05) is 6.07 Å². The molecule has 1 fully saturated rings. The Morgan fingerprint density at radius 2 is 2.05 bits per heavy atom. The molecule has 1 unspecified atom stereocenters. The van der Waals surface area contributed by atoms with Crippen molar-refractivity contribution in [3.05, 3.63) is 35.6 Å². The van der Waals surface area contributed by atoms with Gasteiger partial charge in [0.15, 0.2) is 0 Å². The molecule has 0 saturated carbocycles. The number of likely N-dealkylation sites (tertiary alicyclic amines) is 1. The third kappa shape index (κ3) is 5.66. The summed E-state index contributed by atoms with van der Waals surface area (Å²) in [6, 6.07) is 7.24. The number of piperidine rings is 1. The predicted molar refractivity (Wildman–Crippen MR) is 86.8 cm³/mol. The summed E-state index contributed by atoms with van der Waals surface area (Å²) in [6.45, 7) is 3.98. The number of halogens is 1. The molecule has 0 aromatic heterocycles. The summed E-state index contributed by atoms with van der Waals surface area (Å²) in [5, 5.41) is 0. The van der Waals surface area contributed by atoms with E-state index in [9.17, 15) is 12.8 Å². The SMILES string of the molecule is CC(CCc1cccc(F)c1)N1CCC(NS(C)(=O)=O)CC1. The van der Waals surface area contributed by atoms with Gasteiger partial charge in [0.2, 0.25) is 10.0 Å². The van der Waals surface area contributed by atoms with E-state index in [1.165, 1.54) is 12.3 Å². The van der Waals surface area contributed by atoms with Crippen LogP contribution in [0.5, 0.6) is 0 Å². The Labute approximate surface area is 132 Å². The van der Waals surface area contributed by atoms with Crippen LogP contribution in [0.1, 0.15) is 31.7 Å². The molecule has 1 aromatic carbocycles. The second kappa shape index (κ2) is 7.53. The van der Waals surface area contributed by atoms with Crippen molar-refractivity contribution in [2.45, 2.75) is 44.7 Å². The molecule has 1 saturated heterocycles. The van der Waals surface area contributed by atoms with Crippen LogP contribution in [0.25, 0.3) is 0 Å². The molecule has 0 aliphatic carbocycles. The van der Waals surface area contributed by atoms with Gasteiger partial charge in [-0.25, -0.2) is 17.5 Å². The zero-order valence-electron chi connectivity index (χ0n) is 13.3. The molecule has 0 spiro atoms. The van der Waals surface area contributed by atoms with Crippen LogP contribution in [-0.2, 0) is 16.4 Å². The third-order valence-electron chi connectivity index (χ3n) is 4.27. The molecule has 1 aliphatic rings. The molecular weight excluding hydrogens is 303 g/mol. The van der Waals surface area contributed by atoms with E-state index in [0.29, 0.717) is 6.04 Å². The van der Waals surface area contributed by atoms with Gasteiger partial charge < -0.3 is 4.90 Å². The normalized spacial score (nSPS) is 19.2. The van der Waals surface area contributed by atoms with E-state index in [1.54, 1.807) is 12.1 Å². The first-order valence-electron chi connectivity index (χ1n) is 7.79. The van der Waals surface area contributed by atoms with Crippen LogP contribution >= 0.6 is 0 Å². The zero-order chi connectivity index (χ0) is 16.2. The van der Waals surface area contributed by atoms with Gasteiger partial charge in [-0.1, -0.05) is 12.1 Å². The van der Waals surface area contributed by atoms with E-state index >= 15 is 0 Å². The Balaban J connectivity index is 1.76. The van der Waals surface area contributed by atoms with Crippen LogP contribution in [0.15, 0.2) is 24.3 Å². The van der Waals surface area contributed by atoms with Crippen LogP contribution in [-0.4, -0.2) is 44.7 Å². The van der Waals surface area contributed by atoms with Crippen LogP contribution in [0.2, 0.25) is 0 Å². The highest BCUT2D eigenvalue weighted by atomic mass is 32.2. The lowest BCUT2D eigenvalue weighted by Crippen LogP contribution is -2.47. The molecule has 1 aliphatic heterocycles. The van der Waals surface area contributed by atoms with Gasteiger partial charge in [-0.3, -0.25) is 0 Å².